The van der Waals surface area contributed by atoms with Crippen LogP contribution in [0.5, 0.6) is 0 Å². The van der Waals surface area contributed by atoms with Crippen molar-refractivity contribution >= 4 is 28.4 Å². The van der Waals surface area contributed by atoms with Gasteiger partial charge in [0.05, 0.1) is 28.2 Å². The topological polar surface area (TPSA) is 107 Å². The summed E-state index contributed by atoms with van der Waals surface area (Å²) in [5, 5.41) is 14.6. The molecular formula is C21H21N7O2. The Morgan fingerprint density at radius 2 is 1.73 bits per heavy atom. The fourth-order valence-corrected chi connectivity index (χ4v) is 3.41. The van der Waals surface area contributed by atoms with Gasteiger partial charge in [-0.15, -0.1) is 0 Å². The third-order valence-electron chi connectivity index (χ3n) is 4.77. The number of aromatic nitrogens is 5. The van der Waals surface area contributed by atoms with E-state index in [2.05, 4.69) is 20.8 Å². The fraction of sp³-hybridized carbons (Fsp3) is 0.190. The number of carbonyl (C=O) groups is 2. The lowest BCUT2D eigenvalue weighted by molar-refractivity contribution is 0.0958. The van der Waals surface area contributed by atoms with Crippen LogP contribution in [0.1, 0.15) is 26.5 Å². The van der Waals surface area contributed by atoms with Crippen LogP contribution in [0, 0.1) is 6.92 Å². The molecule has 3 heterocycles. The van der Waals surface area contributed by atoms with E-state index >= 15 is 0 Å². The third-order valence-corrected chi connectivity index (χ3v) is 4.77. The van der Waals surface area contributed by atoms with Gasteiger partial charge in [-0.1, -0.05) is 18.2 Å². The van der Waals surface area contributed by atoms with Gasteiger partial charge in [0.25, 0.3) is 11.8 Å². The highest BCUT2D eigenvalue weighted by Crippen LogP contribution is 2.27. The third kappa shape index (κ3) is 3.41. The second kappa shape index (κ2) is 7.43. The monoisotopic (exact) mass is 403 g/mol. The SMILES string of the molecule is CNC(=O)c1nn(C)cc1NC(=O)c1cc(-c2cn(C)nc2C)nc2ccccc12. The Bertz CT molecular complexity index is 1290. The molecule has 0 bridgehead atoms. The van der Waals surface area contributed by atoms with Gasteiger partial charge < -0.3 is 10.6 Å². The van der Waals surface area contributed by atoms with Crippen LogP contribution in [0.4, 0.5) is 5.69 Å². The Labute approximate surface area is 172 Å². The Balaban J connectivity index is 1.81. The van der Waals surface area contributed by atoms with Gasteiger partial charge in [-0.2, -0.15) is 10.2 Å². The molecule has 2 amide bonds. The lowest BCUT2D eigenvalue weighted by atomic mass is 10.0. The summed E-state index contributed by atoms with van der Waals surface area (Å²) < 4.78 is 3.20. The molecule has 0 saturated carbocycles. The zero-order valence-electron chi connectivity index (χ0n) is 17.1. The normalized spacial score (nSPS) is 10.9. The minimum absolute atomic E-state index is 0.148. The molecule has 0 fully saturated rings. The maximum Gasteiger partial charge on any atom is 0.273 e. The molecule has 9 heteroatoms. The molecule has 30 heavy (non-hydrogen) atoms. The largest absolute Gasteiger partial charge is 0.354 e. The Morgan fingerprint density at radius 3 is 2.43 bits per heavy atom. The minimum Gasteiger partial charge on any atom is -0.354 e. The van der Waals surface area contributed by atoms with E-state index in [0.29, 0.717) is 27.8 Å². The molecule has 1 aromatic carbocycles. The van der Waals surface area contributed by atoms with Gasteiger partial charge in [-0.25, -0.2) is 4.98 Å². The summed E-state index contributed by atoms with van der Waals surface area (Å²) in [5.41, 5.74) is 3.95. The highest BCUT2D eigenvalue weighted by atomic mass is 16.2. The zero-order chi connectivity index (χ0) is 21.4. The van der Waals surface area contributed by atoms with Crippen LogP contribution in [0.2, 0.25) is 0 Å². The molecule has 4 aromatic rings. The van der Waals surface area contributed by atoms with Crippen molar-refractivity contribution in [1.29, 1.82) is 0 Å². The van der Waals surface area contributed by atoms with Crippen molar-refractivity contribution in [2.45, 2.75) is 6.92 Å². The van der Waals surface area contributed by atoms with Crippen LogP contribution in [0.3, 0.4) is 0 Å². The number of anilines is 1. The van der Waals surface area contributed by atoms with Crippen LogP contribution in [0.15, 0.2) is 42.7 Å². The van der Waals surface area contributed by atoms with Crippen molar-refractivity contribution in [3.8, 4) is 11.3 Å². The first-order valence-electron chi connectivity index (χ1n) is 9.35. The summed E-state index contributed by atoms with van der Waals surface area (Å²) >= 11 is 0. The molecule has 0 atom stereocenters. The van der Waals surface area contributed by atoms with Gasteiger partial charge in [0.2, 0.25) is 0 Å². The van der Waals surface area contributed by atoms with Gasteiger partial charge in [0.1, 0.15) is 0 Å². The maximum atomic E-state index is 13.2. The molecular weight excluding hydrogens is 382 g/mol. The van der Waals surface area contributed by atoms with Gasteiger partial charge in [0.15, 0.2) is 5.69 Å². The number of para-hydroxylation sites is 1. The smallest absolute Gasteiger partial charge is 0.273 e. The fourth-order valence-electron chi connectivity index (χ4n) is 3.41. The van der Waals surface area contributed by atoms with E-state index in [-0.39, 0.29) is 17.5 Å². The lowest BCUT2D eigenvalue weighted by Crippen LogP contribution is -2.21. The van der Waals surface area contributed by atoms with E-state index in [9.17, 15) is 9.59 Å². The number of nitrogens with zero attached hydrogens (tertiary/aromatic N) is 5. The Hall–Kier alpha value is -4.01. The first-order valence-corrected chi connectivity index (χ1v) is 9.35. The second-order valence-electron chi connectivity index (χ2n) is 6.97. The highest BCUT2D eigenvalue weighted by molar-refractivity contribution is 6.14. The van der Waals surface area contributed by atoms with Crippen molar-refractivity contribution < 1.29 is 9.59 Å². The average molecular weight is 403 g/mol. The maximum absolute atomic E-state index is 13.2. The lowest BCUT2D eigenvalue weighted by Gasteiger charge is -2.10. The Morgan fingerprint density at radius 1 is 1.00 bits per heavy atom. The number of carbonyl (C=O) groups excluding carboxylic acids is 2. The molecule has 0 aliphatic rings. The summed E-state index contributed by atoms with van der Waals surface area (Å²) in [6, 6.07) is 9.19. The summed E-state index contributed by atoms with van der Waals surface area (Å²) in [6.45, 7) is 1.90. The van der Waals surface area contributed by atoms with Crippen LogP contribution in [-0.2, 0) is 14.1 Å². The van der Waals surface area contributed by atoms with Crippen molar-refractivity contribution in [2.75, 3.05) is 12.4 Å². The number of amides is 2. The van der Waals surface area contributed by atoms with E-state index in [1.807, 2.05) is 44.4 Å². The number of pyridine rings is 1. The molecule has 0 aliphatic heterocycles. The van der Waals surface area contributed by atoms with Crippen LogP contribution in [-0.4, -0.2) is 43.4 Å². The number of fused-ring (bicyclic) bond motifs is 1. The zero-order valence-corrected chi connectivity index (χ0v) is 17.1. The van der Waals surface area contributed by atoms with Crippen LogP contribution >= 0.6 is 0 Å². The molecule has 4 rings (SSSR count). The van der Waals surface area contributed by atoms with E-state index in [1.165, 1.54) is 11.7 Å². The molecule has 0 spiro atoms. The number of nitrogens with one attached hydrogen (secondary N) is 2. The summed E-state index contributed by atoms with van der Waals surface area (Å²) in [4.78, 5) is 30.1. The molecule has 0 radical (unpaired) electrons. The molecule has 2 N–H and O–H groups in total. The first kappa shape index (κ1) is 19.3. The van der Waals surface area contributed by atoms with E-state index in [0.717, 1.165) is 11.3 Å². The number of rotatable bonds is 4. The summed E-state index contributed by atoms with van der Waals surface area (Å²) in [6.07, 6.45) is 3.47. The van der Waals surface area contributed by atoms with Gasteiger partial charge >= 0.3 is 0 Å². The average Bonchev–Trinajstić information content (AvgIpc) is 3.27. The summed E-state index contributed by atoms with van der Waals surface area (Å²) in [5.74, 6) is -0.730. The summed E-state index contributed by atoms with van der Waals surface area (Å²) in [7, 11) is 5.04. The van der Waals surface area contributed by atoms with E-state index in [4.69, 9.17) is 4.98 Å². The van der Waals surface area contributed by atoms with Crippen LogP contribution in [0.25, 0.3) is 22.2 Å². The van der Waals surface area contributed by atoms with E-state index in [1.54, 1.807) is 24.0 Å². The van der Waals surface area contributed by atoms with Crippen molar-refractivity contribution in [3.05, 3.63) is 59.7 Å². The van der Waals surface area contributed by atoms with Gasteiger partial charge in [0, 0.05) is 44.5 Å². The number of aryl methyl sites for hydroxylation is 3. The minimum atomic E-state index is -0.378. The van der Waals surface area contributed by atoms with E-state index < -0.39 is 0 Å². The number of hydrogen-bond acceptors (Lipinski definition) is 5. The molecule has 3 aromatic heterocycles. The van der Waals surface area contributed by atoms with Crippen molar-refractivity contribution in [1.82, 2.24) is 29.9 Å². The molecule has 0 saturated heterocycles. The molecule has 152 valence electrons. The second-order valence-corrected chi connectivity index (χ2v) is 6.97. The molecule has 0 aliphatic carbocycles. The standard InChI is InChI=1S/C21H21N7O2/c1-12-15(10-27(3)25-12)17-9-14(13-7-5-6-8-16(13)23-17)20(29)24-18-11-28(4)26-19(18)21(30)22-2/h5-11H,1-4H3,(H,22,30)(H,24,29). The first-order chi connectivity index (χ1) is 14.4. The van der Waals surface area contributed by atoms with Crippen molar-refractivity contribution in [3.63, 3.8) is 0 Å². The van der Waals surface area contributed by atoms with Gasteiger partial charge in [-0.3, -0.25) is 19.0 Å². The molecule has 0 unspecified atom stereocenters. The van der Waals surface area contributed by atoms with Crippen molar-refractivity contribution in [2.24, 2.45) is 14.1 Å². The number of hydrogen-bond donors (Lipinski definition) is 2. The molecule has 9 nitrogen and oxygen atoms in total. The highest BCUT2D eigenvalue weighted by Gasteiger charge is 2.20. The predicted molar refractivity (Wildman–Crippen MR) is 113 cm³/mol. The predicted octanol–water partition coefficient (Wildman–Crippen LogP) is 2.29. The van der Waals surface area contributed by atoms with Gasteiger partial charge in [-0.05, 0) is 19.1 Å². The van der Waals surface area contributed by atoms with Crippen LogP contribution < -0.4 is 10.6 Å². The quantitative estimate of drug-likeness (QED) is 0.544. The number of benzene rings is 1. The Kier molecular flexibility index (Phi) is 4.78.